The van der Waals surface area contributed by atoms with Gasteiger partial charge in [0.1, 0.15) is 0 Å². The molecule has 2 aromatic carbocycles. The van der Waals surface area contributed by atoms with Crippen LogP contribution in [0.4, 0.5) is 0 Å². The van der Waals surface area contributed by atoms with Crippen molar-refractivity contribution >= 4 is 22.3 Å². The molecule has 1 heterocycles. The molecule has 2 aliphatic rings. The Morgan fingerprint density at radius 3 is 2.29 bits per heavy atom. The van der Waals surface area contributed by atoms with Crippen molar-refractivity contribution in [1.82, 2.24) is 10.2 Å². The maximum absolute atomic E-state index is 12.8. The van der Waals surface area contributed by atoms with Gasteiger partial charge >= 0.3 is 0 Å². The molecule has 0 spiro atoms. The minimum absolute atomic E-state index is 0.0904. The monoisotopic (exact) mass is 320 g/mol. The van der Waals surface area contributed by atoms with Gasteiger partial charge in [0.2, 0.25) is 5.78 Å². The van der Waals surface area contributed by atoms with Gasteiger partial charge in [-0.3, -0.25) is 14.5 Å². The highest BCUT2D eigenvalue weighted by Crippen LogP contribution is 2.26. The number of nitrogens with zero attached hydrogens (tertiary/aromatic N) is 1. The van der Waals surface area contributed by atoms with Gasteiger partial charge in [-0.25, -0.2) is 0 Å². The van der Waals surface area contributed by atoms with Crippen LogP contribution >= 0.6 is 0 Å². The highest BCUT2D eigenvalue weighted by Gasteiger charge is 2.26. The van der Waals surface area contributed by atoms with Crippen LogP contribution < -0.4 is 5.32 Å². The number of Topliss-reactive ketones (excluding diaryl/α,β-unsaturated/α-hetero) is 1. The lowest BCUT2D eigenvalue weighted by molar-refractivity contribution is 0.0973. The molecule has 1 fully saturated rings. The molecule has 2 aromatic rings. The largest absolute Gasteiger partial charge is 0.369 e. The van der Waals surface area contributed by atoms with E-state index in [9.17, 15) is 9.59 Å². The summed E-state index contributed by atoms with van der Waals surface area (Å²) >= 11 is 0. The minimum atomic E-state index is -0.100. The van der Waals surface area contributed by atoms with Crippen LogP contribution in [0.1, 0.15) is 40.0 Å². The SMILES string of the molecule is O=C1C=C(NCN2CCCCC2)C(=O)c2cc3ccccc3cc21. The van der Waals surface area contributed by atoms with Gasteiger partial charge in [-0.05, 0) is 48.8 Å². The normalized spacial score (nSPS) is 18.4. The Labute approximate surface area is 141 Å². The Kier molecular flexibility index (Phi) is 3.90. The Balaban J connectivity index is 1.60. The number of carbonyl (C=O) groups excluding carboxylic acids is 2. The third-order valence-electron chi connectivity index (χ3n) is 4.86. The summed E-state index contributed by atoms with van der Waals surface area (Å²) in [5, 5.41) is 5.14. The first-order valence-electron chi connectivity index (χ1n) is 8.52. The predicted octanol–water partition coefficient (Wildman–Crippen LogP) is 3.14. The van der Waals surface area contributed by atoms with Crippen molar-refractivity contribution in [2.24, 2.45) is 0 Å². The number of fused-ring (bicyclic) bond motifs is 2. The summed E-state index contributed by atoms with van der Waals surface area (Å²) < 4.78 is 0. The molecule has 1 N–H and O–H groups in total. The molecule has 122 valence electrons. The van der Waals surface area contributed by atoms with E-state index in [-0.39, 0.29) is 11.6 Å². The molecule has 4 heteroatoms. The Hall–Kier alpha value is -2.46. The number of likely N-dealkylation sites (tertiary alicyclic amines) is 1. The van der Waals surface area contributed by atoms with Crippen molar-refractivity contribution in [1.29, 1.82) is 0 Å². The van der Waals surface area contributed by atoms with Crippen molar-refractivity contribution in [3.63, 3.8) is 0 Å². The van der Waals surface area contributed by atoms with Gasteiger partial charge in [0.05, 0.1) is 12.4 Å². The molecule has 0 radical (unpaired) electrons. The Bertz CT molecular complexity index is 848. The van der Waals surface area contributed by atoms with Gasteiger partial charge in [-0.1, -0.05) is 30.7 Å². The number of allylic oxidation sites excluding steroid dienone is 2. The number of hydrogen-bond acceptors (Lipinski definition) is 4. The van der Waals surface area contributed by atoms with E-state index < -0.39 is 0 Å². The van der Waals surface area contributed by atoms with Crippen molar-refractivity contribution in [2.75, 3.05) is 19.8 Å². The van der Waals surface area contributed by atoms with Gasteiger partial charge in [0.15, 0.2) is 5.78 Å². The molecular formula is C20H20N2O2. The number of hydrogen-bond donors (Lipinski definition) is 1. The topological polar surface area (TPSA) is 49.4 Å². The summed E-state index contributed by atoms with van der Waals surface area (Å²) in [6.07, 6.45) is 5.12. The molecule has 0 unspecified atom stereocenters. The van der Waals surface area contributed by atoms with Crippen molar-refractivity contribution in [2.45, 2.75) is 19.3 Å². The van der Waals surface area contributed by atoms with Gasteiger partial charge in [-0.2, -0.15) is 0 Å². The third-order valence-corrected chi connectivity index (χ3v) is 4.86. The summed E-state index contributed by atoms with van der Waals surface area (Å²) in [6.45, 7) is 2.71. The molecule has 0 aromatic heterocycles. The third kappa shape index (κ3) is 2.74. The predicted molar refractivity (Wildman–Crippen MR) is 94.1 cm³/mol. The average Bonchev–Trinajstić information content (AvgIpc) is 2.63. The summed E-state index contributed by atoms with van der Waals surface area (Å²) in [6, 6.07) is 11.5. The first-order valence-corrected chi connectivity index (χ1v) is 8.52. The molecule has 4 nitrogen and oxygen atoms in total. The van der Waals surface area contributed by atoms with Gasteiger partial charge in [-0.15, -0.1) is 0 Å². The van der Waals surface area contributed by atoms with Crippen LogP contribution in [-0.2, 0) is 0 Å². The number of piperidine rings is 1. The van der Waals surface area contributed by atoms with E-state index in [4.69, 9.17) is 0 Å². The van der Waals surface area contributed by atoms with E-state index in [1.165, 1.54) is 25.3 Å². The van der Waals surface area contributed by atoms with E-state index in [0.717, 1.165) is 23.9 Å². The van der Waals surface area contributed by atoms with E-state index in [0.29, 0.717) is 23.5 Å². The van der Waals surface area contributed by atoms with Crippen molar-refractivity contribution in [3.05, 3.63) is 59.3 Å². The lowest BCUT2D eigenvalue weighted by Gasteiger charge is -2.28. The van der Waals surface area contributed by atoms with Gasteiger partial charge < -0.3 is 5.32 Å². The van der Waals surface area contributed by atoms with E-state index in [1.54, 1.807) is 0 Å². The molecule has 24 heavy (non-hydrogen) atoms. The quantitative estimate of drug-likeness (QED) is 0.944. The molecule has 0 saturated carbocycles. The lowest BCUT2D eigenvalue weighted by Crippen LogP contribution is -2.39. The average molecular weight is 320 g/mol. The summed E-state index contributed by atoms with van der Waals surface area (Å²) in [5.41, 5.74) is 1.41. The van der Waals surface area contributed by atoms with Crippen LogP contribution in [0.3, 0.4) is 0 Å². The number of rotatable bonds is 3. The number of carbonyl (C=O) groups is 2. The zero-order valence-corrected chi connectivity index (χ0v) is 13.5. The molecule has 0 bridgehead atoms. The second-order valence-corrected chi connectivity index (χ2v) is 6.51. The van der Waals surface area contributed by atoms with E-state index in [2.05, 4.69) is 10.2 Å². The van der Waals surface area contributed by atoms with Crippen LogP contribution in [0, 0.1) is 0 Å². The number of nitrogens with one attached hydrogen (secondary N) is 1. The van der Waals surface area contributed by atoms with Crippen LogP contribution in [0.25, 0.3) is 10.8 Å². The summed E-state index contributed by atoms with van der Waals surface area (Å²) in [5.74, 6) is -0.191. The van der Waals surface area contributed by atoms with Gasteiger partial charge in [0.25, 0.3) is 0 Å². The molecule has 1 saturated heterocycles. The molecule has 1 aliphatic heterocycles. The number of ketones is 2. The lowest BCUT2D eigenvalue weighted by atomic mass is 9.90. The number of benzene rings is 2. The van der Waals surface area contributed by atoms with Crippen LogP contribution in [-0.4, -0.2) is 36.2 Å². The maximum Gasteiger partial charge on any atom is 0.209 e. The fourth-order valence-corrected chi connectivity index (χ4v) is 3.50. The molecular weight excluding hydrogens is 300 g/mol. The maximum atomic E-state index is 12.8. The second kappa shape index (κ2) is 6.21. The van der Waals surface area contributed by atoms with Gasteiger partial charge in [0, 0.05) is 17.2 Å². The summed E-state index contributed by atoms with van der Waals surface area (Å²) in [7, 11) is 0. The molecule has 0 atom stereocenters. The highest BCUT2D eigenvalue weighted by atomic mass is 16.1. The first-order chi connectivity index (χ1) is 11.7. The van der Waals surface area contributed by atoms with Crippen molar-refractivity contribution < 1.29 is 9.59 Å². The zero-order valence-electron chi connectivity index (χ0n) is 13.5. The summed E-state index contributed by atoms with van der Waals surface area (Å²) in [4.78, 5) is 27.5. The minimum Gasteiger partial charge on any atom is -0.369 e. The van der Waals surface area contributed by atoms with Crippen molar-refractivity contribution in [3.8, 4) is 0 Å². The van der Waals surface area contributed by atoms with Crippen LogP contribution in [0.2, 0.25) is 0 Å². The first kappa shape index (κ1) is 15.1. The van der Waals surface area contributed by atoms with Crippen LogP contribution in [0.15, 0.2) is 48.2 Å². The Morgan fingerprint density at radius 1 is 0.917 bits per heavy atom. The van der Waals surface area contributed by atoms with Crippen LogP contribution in [0.5, 0.6) is 0 Å². The molecule has 4 rings (SSSR count). The second-order valence-electron chi connectivity index (χ2n) is 6.51. The smallest absolute Gasteiger partial charge is 0.209 e. The Morgan fingerprint density at radius 2 is 1.58 bits per heavy atom. The standard InChI is InChI=1S/C20H20N2O2/c23-19-12-18(21-13-22-8-4-1-5-9-22)20(24)17-11-15-7-3-2-6-14(15)10-16(17)19/h2-3,6-7,10-12,21H,1,4-5,8-9,13H2. The van der Waals surface area contributed by atoms with E-state index >= 15 is 0 Å². The molecule has 0 amide bonds. The fraction of sp³-hybridized carbons (Fsp3) is 0.300. The highest BCUT2D eigenvalue weighted by molar-refractivity contribution is 6.25. The molecule has 1 aliphatic carbocycles. The van der Waals surface area contributed by atoms with E-state index in [1.807, 2.05) is 36.4 Å². The fourth-order valence-electron chi connectivity index (χ4n) is 3.50. The zero-order chi connectivity index (χ0) is 16.5.